The van der Waals surface area contributed by atoms with Gasteiger partial charge in [0.05, 0.1) is 6.61 Å². The summed E-state index contributed by atoms with van der Waals surface area (Å²) in [5.41, 5.74) is 7.75. The Labute approximate surface area is 192 Å². The maximum absolute atomic E-state index is 12.5. The highest BCUT2D eigenvalue weighted by molar-refractivity contribution is 5.96. The normalized spacial score (nSPS) is 10.3. The van der Waals surface area contributed by atoms with Crippen molar-refractivity contribution >= 4 is 11.8 Å². The topological polar surface area (TPSA) is 98.8 Å². The number of hydrazine groups is 1. The molecule has 3 aromatic rings. The summed E-state index contributed by atoms with van der Waals surface area (Å²) in [5.74, 6) is 0.769. The fraction of sp³-hybridized carbons (Fsp3) is 0.240. The number of amides is 2. The zero-order valence-corrected chi connectivity index (χ0v) is 18.9. The number of carbonyl (C=O) groups is 2. The minimum absolute atomic E-state index is 0.274. The molecule has 1 heterocycles. The van der Waals surface area contributed by atoms with E-state index in [1.54, 1.807) is 42.7 Å². The molecule has 0 saturated heterocycles. The van der Waals surface area contributed by atoms with Gasteiger partial charge in [-0.25, -0.2) is 0 Å². The molecule has 2 aromatic carbocycles. The van der Waals surface area contributed by atoms with E-state index in [1.165, 1.54) is 0 Å². The summed E-state index contributed by atoms with van der Waals surface area (Å²) in [4.78, 5) is 28.7. The summed E-state index contributed by atoms with van der Waals surface area (Å²) in [5, 5.41) is 0. The Bertz CT molecular complexity index is 1080. The largest absolute Gasteiger partial charge is 0.490 e. The molecule has 0 saturated carbocycles. The van der Waals surface area contributed by atoms with Gasteiger partial charge in [0.25, 0.3) is 11.8 Å². The number of aromatic nitrogens is 1. The number of nitrogens with zero attached hydrogens (tertiary/aromatic N) is 1. The molecular formula is C25H27N3O5. The van der Waals surface area contributed by atoms with Crippen molar-refractivity contribution in [1.82, 2.24) is 15.8 Å². The van der Waals surface area contributed by atoms with Gasteiger partial charge in [-0.3, -0.25) is 25.4 Å². The van der Waals surface area contributed by atoms with Crippen LogP contribution in [0.1, 0.15) is 34.0 Å². The number of carbonyl (C=O) groups excluding carboxylic acids is 2. The molecule has 0 bridgehead atoms. The van der Waals surface area contributed by atoms with Gasteiger partial charge < -0.3 is 14.2 Å². The van der Waals surface area contributed by atoms with Crippen LogP contribution in [0, 0.1) is 13.8 Å². The molecular weight excluding hydrogens is 422 g/mol. The van der Waals surface area contributed by atoms with Crippen LogP contribution in [0.5, 0.6) is 17.2 Å². The number of ether oxygens (including phenoxy) is 3. The first-order chi connectivity index (χ1) is 16.0. The van der Waals surface area contributed by atoms with Crippen LogP contribution in [0.15, 0.2) is 60.9 Å². The lowest BCUT2D eigenvalue weighted by molar-refractivity contribution is -0.123. The van der Waals surface area contributed by atoms with E-state index in [0.29, 0.717) is 36.0 Å². The minimum Gasteiger partial charge on any atom is -0.490 e. The molecule has 0 spiro atoms. The van der Waals surface area contributed by atoms with Crippen molar-refractivity contribution in [3.8, 4) is 17.2 Å². The first-order valence-electron chi connectivity index (χ1n) is 10.5. The SMILES string of the molecule is CCOc1ccccc1OCC(=O)NNC(=O)c1cc(C)c(OCc2cccnc2)c(C)c1. The summed E-state index contributed by atoms with van der Waals surface area (Å²) in [6.45, 7) is 6.18. The Morgan fingerprint density at radius 2 is 1.61 bits per heavy atom. The van der Waals surface area contributed by atoms with E-state index in [-0.39, 0.29) is 6.61 Å². The molecule has 33 heavy (non-hydrogen) atoms. The summed E-state index contributed by atoms with van der Waals surface area (Å²) in [7, 11) is 0. The number of pyridine rings is 1. The number of para-hydroxylation sites is 2. The number of rotatable bonds is 9. The molecule has 2 amide bonds. The second kappa shape index (κ2) is 11.5. The summed E-state index contributed by atoms with van der Waals surface area (Å²) >= 11 is 0. The van der Waals surface area contributed by atoms with E-state index < -0.39 is 11.8 Å². The van der Waals surface area contributed by atoms with E-state index in [0.717, 1.165) is 16.7 Å². The molecule has 0 aliphatic heterocycles. The number of hydrogen-bond acceptors (Lipinski definition) is 6. The first kappa shape index (κ1) is 23.6. The zero-order chi connectivity index (χ0) is 23.6. The molecule has 3 rings (SSSR count). The highest BCUT2D eigenvalue weighted by Gasteiger charge is 2.14. The van der Waals surface area contributed by atoms with Crippen LogP contribution in [0.2, 0.25) is 0 Å². The van der Waals surface area contributed by atoms with Gasteiger partial charge >= 0.3 is 0 Å². The second-order valence-corrected chi connectivity index (χ2v) is 7.26. The van der Waals surface area contributed by atoms with Gasteiger partial charge in [-0.2, -0.15) is 0 Å². The summed E-state index contributed by atoms with van der Waals surface area (Å²) in [6, 6.07) is 14.3. The predicted octanol–water partition coefficient (Wildman–Crippen LogP) is 3.52. The summed E-state index contributed by atoms with van der Waals surface area (Å²) < 4.78 is 16.9. The van der Waals surface area contributed by atoms with E-state index >= 15 is 0 Å². The van der Waals surface area contributed by atoms with E-state index in [4.69, 9.17) is 14.2 Å². The third-order valence-corrected chi connectivity index (χ3v) is 4.65. The Balaban J connectivity index is 1.53. The van der Waals surface area contributed by atoms with Crippen LogP contribution in [0.3, 0.4) is 0 Å². The Morgan fingerprint density at radius 3 is 2.24 bits per heavy atom. The van der Waals surface area contributed by atoms with E-state index in [2.05, 4.69) is 15.8 Å². The van der Waals surface area contributed by atoms with Crippen LogP contribution in [0.4, 0.5) is 0 Å². The van der Waals surface area contributed by atoms with Crippen molar-refractivity contribution in [1.29, 1.82) is 0 Å². The highest BCUT2D eigenvalue weighted by atomic mass is 16.5. The first-order valence-corrected chi connectivity index (χ1v) is 10.5. The van der Waals surface area contributed by atoms with Crippen molar-refractivity contribution in [3.63, 3.8) is 0 Å². The van der Waals surface area contributed by atoms with Crippen LogP contribution in [-0.4, -0.2) is 30.0 Å². The fourth-order valence-electron chi connectivity index (χ4n) is 3.17. The molecule has 8 nitrogen and oxygen atoms in total. The zero-order valence-electron chi connectivity index (χ0n) is 18.9. The van der Waals surface area contributed by atoms with Crippen molar-refractivity contribution in [2.45, 2.75) is 27.4 Å². The predicted molar refractivity (Wildman–Crippen MR) is 123 cm³/mol. The van der Waals surface area contributed by atoms with Gasteiger partial charge in [-0.05, 0) is 62.2 Å². The number of hydrogen-bond donors (Lipinski definition) is 2. The van der Waals surface area contributed by atoms with Gasteiger partial charge in [0, 0.05) is 23.5 Å². The summed E-state index contributed by atoms with van der Waals surface area (Å²) in [6.07, 6.45) is 3.45. The van der Waals surface area contributed by atoms with Crippen LogP contribution < -0.4 is 25.1 Å². The maximum atomic E-state index is 12.5. The number of benzene rings is 2. The molecule has 0 aliphatic rings. The molecule has 8 heteroatoms. The fourth-order valence-corrected chi connectivity index (χ4v) is 3.17. The van der Waals surface area contributed by atoms with Crippen LogP contribution in [0.25, 0.3) is 0 Å². The van der Waals surface area contributed by atoms with Gasteiger partial charge in [0.15, 0.2) is 18.1 Å². The molecule has 0 fully saturated rings. The van der Waals surface area contributed by atoms with E-state index in [9.17, 15) is 9.59 Å². The smallest absolute Gasteiger partial charge is 0.276 e. The molecule has 172 valence electrons. The Kier molecular flexibility index (Phi) is 8.24. The lowest BCUT2D eigenvalue weighted by atomic mass is 10.1. The molecule has 0 atom stereocenters. The average Bonchev–Trinajstić information content (AvgIpc) is 2.82. The third-order valence-electron chi connectivity index (χ3n) is 4.65. The second-order valence-electron chi connectivity index (χ2n) is 7.26. The molecule has 2 N–H and O–H groups in total. The average molecular weight is 450 g/mol. The minimum atomic E-state index is -0.500. The standard InChI is InChI=1S/C25H27N3O5/c1-4-31-21-9-5-6-10-22(21)32-16-23(29)27-28-25(30)20-12-17(2)24(18(3)13-20)33-15-19-8-7-11-26-14-19/h5-14H,4,15-16H2,1-3H3,(H,27,29)(H,28,30). The molecule has 1 aromatic heterocycles. The van der Waals surface area contributed by atoms with Gasteiger partial charge in [0.1, 0.15) is 12.4 Å². The van der Waals surface area contributed by atoms with Crippen LogP contribution in [-0.2, 0) is 11.4 Å². The molecule has 0 radical (unpaired) electrons. The monoisotopic (exact) mass is 449 g/mol. The Hall–Kier alpha value is -4.07. The number of aryl methyl sites for hydroxylation is 2. The molecule has 0 unspecified atom stereocenters. The highest BCUT2D eigenvalue weighted by Crippen LogP contribution is 2.27. The third kappa shape index (κ3) is 6.70. The van der Waals surface area contributed by atoms with Crippen molar-refractivity contribution in [2.24, 2.45) is 0 Å². The van der Waals surface area contributed by atoms with Crippen LogP contribution >= 0.6 is 0 Å². The molecule has 0 aliphatic carbocycles. The quantitative estimate of drug-likeness (QED) is 0.485. The van der Waals surface area contributed by atoms with Gasteiger partial charge in [-0.1, -0.05) is 18.2 Å². The van der Waals surface area contributed by atoms with Crippen molar-refractivity contribution in [3.05, 3.63) is 83.2 Å². The Morgan fingerprint density at radius 1 is 0.909 bits per heavy atom. The van der Waals surface area contributed by atoms with Crippen molar-refractivity contribution in [2.75, 3.05) is 13.2 Å². The number of nitrogens with one attached hydrogen (secondary N) is 2. The van der Waals surface area contributed by atoms with E-state index in [1.807, 2.05) is 39.0 Å². The maximum Gasteiger partial charge on any atom is 0.276 e. The van der Waals surface area contributed by atoms with Crippen molar-refractivity contribution < 1.29 is 23.8 Å². The lowest BCUT2D eigenvalue weighted by Gasteiger charge is -2.15. The van der Waals surface area contributed by atoms with Gasteiger partial charge in [-0.15, -0.1) is 0 Å². The lowest BCUT2D eigenvalue weighted by Crippen LogP contribution is -2.43. The van der Waals surface area contributed by atoms with Gasteiger partial charge in [0.2, 0.25) is 0 Å².